The average Bonchev–Trinajstić information content (AvgIpc) is 3.51. The maximum absolute atomic E-state index is 6.71. The van der Waals surface area contributed by atoms with Crippen LogP contribution in [0.5, 0.6) is 0 Å². The Morgan fingerprint density at radius 3 is 2.13 bits per heavy atom. The second-order valence-corrected chi connectivity index (χ2v) is 12.5. The molecule has 2 heterocycles. The topological polar surface area (TPSA) is 43.6 Å². The van der Waals surface area contributed by atoms with Crippen LogP contribution in [0.3, 0.4) is 0 Å². The fourth-order valence-corrected chi connectivity index (χ4v) is 7.12. The van der Waals surface area contributed by atoms with E-state index in [1.807, 2.05) is 48.5 Å². The molecule has 3 aromatic carbocycles. The Labute approximate surface area is 251 Å². The van der Waals surface area contributed by atoms with Gasteiger partial charge in [-0.3, -0.25) is 4.57 Å². The van der Waals surface area contributed by atoms with Gasteiger partial charge in [0, 0.05) is 31.7 Å². The van der Waals surface area contributed by atoms with E-state index in [1.165, 1.54) is 5.56 Å². The Morgan fingerprint density at radius 1 is 0.846 bits per heavy atom. The van der Waals surface area contributed by atoms with Crippen molar-refractivity contribution in [2.24, 2.45) is 0 Å². The van der Waals surface area contributed by atoms with Crippen LogP contribution in [0, 0.1) is 0 Å². The first kappa shape index (κ1) is 26.8. The van der Waals surface area contributed by atoms with Crippen molar-refractivity contribution in [2.45, 2.75) is 44.4 Å². The lowest BCUT2D eigenvalue weighted by atomic mass is 9.65. The number of aromatic nitrogens is 4. The number of halogens is 4. The molecule has 1 saturated carbocycles. The highest BCUT2D eigenvalue weighted by molar-refractivity contribution is 7.14. The molecule has 1 aliphatic rings. The number of hydrogen-bond acceptors (Lipinski definition) is 4. The Morgan fingerprint density at radius 2 is 1.51 bits per heavy atom. The second kappa shape index (κ2) is 10.9. The van der Waals surface area contributed by atoms with E-state index in [1.54, 1.807) is 17.4 Å². The van der Waals surface area contributed by atoms with Crippen molar-refractivity contribution in [2.75, 3.05) is 0 Å². The van der Waals surface area contributed by atoms with Crippen molar-refractivity contribution in [3.8, 4) is 27.8 Å². The van der Waals surface area contributed by atoms with Gasteiger partial charge in [0.25, 0.3) is 0 Å². The van der Waals surface area contributed by atoms with Crippen molar-refractivity contribution in [1.82, 2.24) is 19.7 Å². The fraction of sp³-hybridized carbons (Fsp3) is 0.233. The molecule has 0 saturated heterocycles. The highest BCUT2D eigenvalue weighted by atomic mass is 35.5. The maximum Gasteiger partial charge on any atom is 0.168 e. The van der Waals surface area contributed by atoms with Crippen LogP contribution in [0.4, 0.5) is 0 Å². The molecule has 5 aromatic rings. The Balaban J connectivity index is 1.53. The van der Waals surface area contributed by atoms with Crippen LogP contribution in [0.15, 0.2) is 66.7 Å². The summed E-state index contributed by atoms with van der Waals surface area (Å²) in [5.41, 5.74) is 4.71. The van der Waals surface area contributed by atoms with Crippen LogP contribution in [0.25, 0.3) is 27.8 Å². The van der Waals surface area contributed by atoms with Gasteiger partial charge in [0.2, 0.25) is 0 Å². The summed E-state index contributed by atoms with van der Waals surface area (Å²) in [5.74, 6) is 0.727. The van der Waals surface area contributed by atoms with Gasteiger partial charge >= 0.3 is 0 Å². The molecule has 4 nitrogen and oxygen atoms in total. The summed E-state index contributed by atoms with van der Waals surface area (Å²) in [6, 6.07) is 21.4. The molecule has 9 heteroatoms. The highest BCUT2D eigenvalue weighted by Crippen LogP contribution is 2.51. The number of hydrogen-bond donors (Lipinski definition) is 0. The summed E-state index contributed by atoms with van der Waals surface area (Å²) in [5, 5.41) is 13.8. The zero-order valence-corrected chi connectivity index (χ0v) is 24.9. The van der Waals surface area contributed by atoms with Gasteiger partial charge in [-0.05, 0) is 79.4 Å². The third-order valence-electron chi connectivity index (χ3n) is 7.36. The van der Waals surface area contributed by atoms with Gasteiger partial charge in [0.15, 0.2) is 5.01 Å². The fourth-order valence-electron chi connectivity index (χ4n) is 5.25. The molecule has 0 aliphatic heterocycles. The number of nitrogens with zero attached hydrogens (tertiary/aromatic N) is 4. The molecule has 6 rings (SSSR count). The zero-order chi connectivity index (χ0) is 27.1. The molecule has 0 N–H and O–H groups in total. The second-order valence-electron chi connectivity index (χ2n) is 9.77. The van der Waals surface area contributed by atoms with E-state index in [9.17, 15) is 0 Å². The van der Waals surface area contributed by atoms with Gasteiger partial charge in [-0.25, -0.2) is 4.98 Å². The third-order valence-corrected chi connectivity index (χ3v) is 9.54. The molecule has 0 radical (unpaired) electrons. The van der Waals surface area contributed by atoms with Crippen LogP contribution >= 0.6 is 57.7 Å². The molecule has 0 bridgehead atoms. The molecule has 0 atom stereocenters. The molecule has 0 unspecified atom stereocenters. The molecule has 1 aliphatic carbocycles. The minimum atomic E-state index is -0.132. The smallest absolute Gasteiger partial charge is 0.168 e. The Hall–Kier alpha value is -2.41. The molecule has 39 heavy (non-hydrogen) atoms. The Kier molecular flexibility index (Phi) is 7.47. The van der Waals surface area contributed by atoms with Crippen LogP contribution in [0.1, 0.15) is 48.9 Å². The Bertz CT molecular complexity index is 1640. The normalized spacial score (nSPS) is 14.4. The lowest BCUT2D eigenvalue weighted by molar-refractivity contribution is 0.299. The number of imidazole rings is 1. The highest BCUT2D eigenvalue weighted by Gasteiger charge is 2.43. The standard InChI is InChI=1S/C30H24Cl4N4S/c1-2-4-25-26(28-36-37-29(39-28)30(15-3-16-30)18-5-7-19(31)8-6-18)35-27(23-14-11-21(33)17-24(23)34)38(25)22-12-9-20(32)10-13-22/h5-14,17H,2-4,15-16H2,1H3. The van der Waals surface area contributed by atoms with Crippen LogP contribution in [0.2, 0.25) is 20.1 Å². The van der Waals surface area contributed by atoms with Crippen molar-refractivity contribution >= 4 is 57.7 Å². The van der Waals surface area contributed by atoms with Gasteiger partial charge in [0.05, 0.1) is 10.7 Å². The number of rotatable bonds is 7. The van der Waals surface area contributed by atoms with E-state index in [0.717, 1.165) is 75.6 Å². The predicted molar refractivity (Wildman–Crippen MR) is 163 cm³/mol. The summed E-state index contributed by atoms with van der Waals surface area (Å²) in [4.78, 5) is 5.18. The van der Waals surface area contributed by atoms with Gasteiger partial charge in [-0.15, -0.1) is 10.2 Å². The minimum absolute atomic E-state index is 0.132. The summed E-state index contributed by atoms with van der Waals surface area (Å²) in [6.07, 6.45) is 4.96. The lowest BCUT2D eigenvalue weighted by Crippen LogP contribution is -2.35. The van der Waals surface area contributed by atoms with Crippen LogP contribution in [-0.4, -0.2) is 19.7 Å². The summed E-state index contributed by atoms with van der Waals surface area (Å²) in [7, 11) is 0. The molecule has 1 fully saturated rings. The monoisotopic (exact) mass is 612 g/mol. The third kappa shape index (κ3) is 4.89. The van der Waals surface area contributed by atoms with E-state index in [-0.39, 0.29) is 5.41 Å². The maximum atomic E-state index is 6.71. The minimum Gasteiger partial charge on any atom is -0.296 e. The van der Waals surface area contributed by atoms with Crippen molar-refractivity contribution in [3.05, 3.63) is 103 Å². The quantitative estimate of drug-likeness (QED) is 0.183. The van der Waals surface area contributed by atoms with Gasteiger partial charge in [-0.2, -0.15) is 0 Å². The van der Waals surface area contributed by atoms with Crippen LogP contribution in [-0.2, 0) is 11.8 Å². The molecule has 2 aromatic heterocycles. The van der Waals surface area contributed by atoms with E-state index in [2.05, 4.69) is 23.6 Å². The van der Waals surface area contributed by atoms with E-state index >= 15 is 0 Å². The van der Waals surface area contributed by atoms with Gasteiger partial charge in [-0.1, -0.05) is 89.6 Å². The van der Waals surface area contributed by atoms with Gasteiger partial charge < -0.3 is 0 Å². The summed E-state index contributed by atoms with van der Waals surface area (Å²) >= 11 is 27.0. The first-order valence-corrected chi connectivity index (χ1v) is 15.2. The van der Waals surface area contributed by atoms with Crippen LogP contribution < -0.4 is 0 Å². The molecule has 0 amide bonds. The largest absolute Gasteiger partial charge is 0.296 e. The summed E-state index contributed by atoms with van der Waals surface area (Å²) < 4.78 is 2.16. The van der Waals surface area contributed by atoms with Gasteiger partial charge in [0.1, 0.15) is 16.5 Å². The zero-order valence-electron chi connectivity index (χ0n) is 21.1. The average molecular weight is 614 g/mol. The van der Waals surface area contributed by atoms with E-state index in [4.69, 9.17) is 61.6 Å². The lowest BCUT2D eigenvalue weighted by Gasteiger charge is -2.40. The first-order chi connectivity index (χ1) is 18.9. The van der Waals surface area contributed by atoms with E-state index < -0.39 is 0 Å². The molecular weight excluding hydrogens is 590 g/mol. The first-order valence-electron chi connectivity index (χ1n) is 12.8. The molecule has 198 valence electrons. The van der Waals surface area contributed by atoms with Crippen molar-refractivity contribution in [3.63, 3.8) is 0 Å². The van der Waals surface area contributed by atoms with E-state index in [0.29, 0.717) is 15.1 Å². The van der Waals surface area contributed by atoms with Crippen molar-refractivity contribution in [1.29, 1.82) is 0 Å². The van der Waals surface area contributed by atoms with Crippen molar-refractivity contribution < 1.29 is 0 Å². The summed E-state index contributed by atoms with van der Waals surface area (Å²) in [6.45, 7) is 2.16. The SMILES string of the molecule is CCCc1c(-c2nnc(C3(c4ccc(Cl)cc4)CCC3)s2)nc(-c2ccc(Cl)cc2Cl)n1-c1ccc(Cl)cc1. The number of benzene rings is 3. The predicted octanol–water partition coefficient (Wildman–Crippen LogP) is 10.1. The molecule has 0 spiro atoms. The molecular formula is C30H24Cl4N4S.